The number of aryl methyl sites for hydroxylation is 1. The van der Waals surface area contributed by atoms with E-state index >= 15 is 0 Å². The second kappa shape index (κ2) is 6.28. The van der Waals surface area contributed by atoms with Crippen LogP contribution in [0.5, 0.6) is 0 Å². The van der Waals surface area contributed by atoms with E-state index in [0.717, 1.165) is 12.5 Å². The summed E-state index contributed by atoms with van der Waals surface area (Å²) in [5.74, 6) is 4.81. The fraction of sp³-hybridized carbons (Fsp3) is 0.316. The van der Waals surface area contributed by atoms with Gasteiger partial charge in [0, 0.05) is 18.2 Å². The molecule has 8 heteroatoms. The van der Waals surface area contributed by atoms with Gasteiger partial charge in [-0.3, -0.25) is 0 Å². The molecule has 0 aliphatic heterocycles. The molecule has 1 fully saturated rings. The Bertz CT molecular complexity index is 1090. The summed E-state index contributed by atoms with van der Waals surface area (Å²) in [6.07, 6.45) is 2.18. The topological polar surface area (TPSA) is 89.9 Å². The molecule has 0 bridgehead atoms. The van der Waals surface area contributed by atoms with Crippen molar-refractivity contribution >= 4 is 17.0 Å². The highest BCUT2D eigenvalue weighted by molar-refractivity contribution is 5.85. The van der Waals surface area contributed by atoms with Gasteiger partial charge in [0.25, 0.3) is 0 Å². The van der Waals surface area contributed by atoms with Crippen LogP contribution in [-0.4, -0.2) is 30.2 Å². The summed E-state index contributed by atoms with van der Waals surface area (Å²) in [5, 5.41) is 10.1. The van der Waals surface area contributed by atoms with Crippen LogP contribution >= 0.6 is 0 Å². The van der Waals surface area contributed by atoms with Crippen molar-refractivity contribution < 1.29 is 13.9 Å². The van der Waals surface area contributed by atoms with E-state index in [-0.39, 0.29) is 17.2 Å². The van der Waals surface area contributed by atoms with Gasteiger partial charge in [0.05, 0.1) is 0 Å². The standard InChI is InChI=1S/C19H17F2N5O/c1-2-26-17(11-8-12(20)10-13(21)9-11)25-15-16(22)23-14(24-18(15)26)4-7-19(27)5-3-6-19/h8-10,27H,2-3,5-6H2,1H3,(H2,22,23,24). The Morgan fingerprint density at radius 2 is 1.89 bits per heavy atom. The predicted molar refractivity (Wildman–Crippen MR) is 96.4 cm³/mol. The molecule has 2 heterocycles. The van der Waals surface area contributed by atoms with Crippen LogP contribution in [0.15, 0.2) is 18.2 Å². The number of nitrogen functional groups attached to an aromatic ring is 1. The molecule has 0 atom stereocenters. The zero-order valence-corrected chi connectivity index (χ0v) is 14.6. The molecule has 1 aliphatic rings. The average molecular weight is 369 g/mol. The lowest BCUT2D eigenvalue weighted by atomic mass is 9.81. The van der Waals surface area contributed by atoms with E-state index < -0.39 is 17.2 Å². The lowest BCUT2D eigenvalue weighted by Gasteiger charge is -2.30. The van der Waals surface area contributed by atoms with Crippen molar-refractivity contribution in [1.82, 2.24) is 19.5 Å². The minimum absolute atomic E-state index is 0.121. The molecule has 0 saturated heterocycles. The molecule has 0 amide bonds. The summed E-state index contributed by atoms with van der Waals surface area (Å²) in [4.78, 5) is 12.9. The molecule has 4 rings (SSSR count). The molecule has 0 spiro atoms. The molecule has 138 valence electrons. The highest BCUT2D eigenvalue weighted by Crippen LogP contribution is 2.31. The van der Waals surface area contributed by atoms with Gasteiger partial charge in [0.2, 0.25) is 5.82 Å². The van der Waals surface area contributed by atoms with Gasteiger partial charge in [-0.25, -0.2) is 23.7 Å². The van der Waals surface area contributed by atoms with Crippen molar-refractivity contribution in [2.45, 2.75) is 38.3 Å². The van der Waals surface area contributed by atoms with Gasteiger partial charge >= 0.3 is 0 Å². The van der Waals surface area contributed by atoms with Crippen LogP contribution in [0.2, 0.25) is 0 Å². The summed E-state index contributed by atoms with van der Waals surface area (Å²) < 4.78 is 29.0. The molecule has 1 saturated carbocycles. The van der Waals surface area contributed by atoms with E-state index in [2.05, 4.69) is 26.8 Å². The quantitative estimate of drug-likeness (QED) is 0.678. The predicted octanol–water partition coefficient (Wildman–Crippen LogP) is 2.64. The van der Waals surface area contributed by atoms with E-state index in [1.54, 1.807) is 4.57 Å². The maximum atomic E-state index is 13.6. The van der Waals surface area contributed by atoms with Crippen LogP contribution < -0.4 is 5.73 Å². The van der Waals surface area contributed by atoms with Crippen LogP contribution in [0.4, 0.5) is 14.6 Å². The fourth-order valence-electron chi connectivity index (χ4n) is 3.09. The minimum Gasteiger partial charge on any atom is -0.382 e. The number of imidazole rings is 1. The molecule has 1 aliphatic carbocycles. The third-order valence-electron chi connectivity index (χ3n) is 4.65. The molecule has 3 aromatic rings. The summed E-state index contributed by atoms with van der Waals surface area (Å²) in [7, 11) is 0. The third-order valence-corrected chi connectivity index (χ3v) is 4.65. The molecule has 2 aromatic heterocycles. The Morgan fingerprint density at radius 3 is 2.48 bits per heavy atom. The number of fused-ring (bicyclic) bond motifs is 1. The van der Waals surface area contributed by atoms with Crippen molar-refractivity contribution in [3.05, 3.63) is 35.7 Å². The zero-order chi connectivity index (χ0) is 19.2. The summed E-state index contributed by atoms with van der Waals surface area (Å²) >= 11 is 0. The number of aliphatic hydroxyl groups is 1. The number of hydrogen-bond acceptors (Lipinski definition) is 5. The summed E-state index contributed by atoms with van der Waals surface area (Å²) in [6.45, 7) is 2.32. The van der Waals surface area contributed by atoms with Gasteiger partial charge in [-0.2, -0.15) is 0 Å². The highest BCUT2D eigenvalue weighted by Gasteiger charge is 2.32. The molecular weight excluding hydrogens is 352 g/mol. The fourth-order valence-corrected chi connectivity index (χ4v) is 3.09. The van der Waals surface area contributed by atoms with E-state index in [4.69, 9.17) is 5.73 Å². The van der Waals surface area contributed by atoms with Crippen molar-refractivity contribution in [2.24, 2.45) is 0 Å². The van der Waals surface area contributed by atoms with Crippen molar-refractivity contribution in [1.29, 1.82) is 0 Å². The first kappa shape index (κ1) is 17.4. The largest absolute Gasteiger partial charge is 0.382 e. The first-order valence-corrected chi connectivity index (χ1v) is 8.64. The zero-order valence-electron chi connectivity index (χ0n) is 14.6. The van der Waals surface area contributed by atoms with E-state index in [1.165, 1.54) is 12.1 Å². The Labute approximate surface area is 154 Å². The lowest BCUT2D eigenvalue weighted by molar-refractivity contribution is 0.0239. The SMILES string of the molecule is CCn1c(-c2cc(F)cc(F)c2)nc2c(N)nc(C#CC3(O)CCC3)nc21. The Kier molecular flexibility index (Phi) is 4.04. The van der Waals surface area contributed by atoms with Crippen molar-refractivity contribution in [3.63, 3.8) is 0 Å². The Morgan fingerprint density at radius 1 is 1.19 bits per heavy atom. The van der Waals surface area contributed by atoms with E-state index in [9.17, 15) is 13.9 Å². The molecule has 0 unspecified atom stereocenters. The van der Waals surface area contributed by atoms with Gasteiger partial charge < -0.3 is 15.4 Å². The number of anilines is 1. The minimum atomic E-state index is -0.984. The number of aromatic nitrogens is 4. The number of rotatable bonds is 2. The van der Waals surface area contributed by atoms with Crippen LogP contribution in [0.1, 0.15) is 32.0 Å². The summed E-state index contributed by atoms with van der Waals surface area (Å²) in [5.41, 5.74) is 6.07. The van der Waals surface area contributed by atoms with Crippen LogP contribution in [0.3, 0.4) is 0 Å². The third kappa shape index (κ3) is 3.11. The van der Waals surface area contributed by atoms with Crippen LogP contribution in [0, 0.1) is 23.5 Å². The van der Waals surface area contributed by atoms with Crippen LogP contribution in [0.25, 0.3) is 22.6 Å². The molecule has 3 N–H and O–H groups in total. The van der Waals surface area contributed by atoms with Gasteiger partial charge in [0.1, 0.15) is 23.1 Å². The van der Waals surface area contributed by atoms with Crippen molar-refractivity contribution in [2.75, 3.05) is 5.73 Å². The number of nitrogens with zero attached hydrogens (tertiary/aromatic N) is 4. The Hall–Kier alpha value is -3.05. The number of hydrogen-bond donors (Lipinski definition) is 2. The summed E-state index contributed by atoms with van der Waals surface area (Å²) in [6, 6.07) is 3.20. The van der Waals surface area contributed by atoms with Crippen LogP contribution in [-0.2, 0) is 6.54 Å². The van der Waals surface area contributed by atoms with E-state index in [1.807, 2.05) is 6.92 Å². The first-order chi connectivity index (χ1) is 12.9. The molecule has 27 heavy (non-hydrogen) atoms. The average Bonchev–Trinajstić information content (AvgIpc) is 2.96. The lowest BCUT2D eigenvalue weighted by Crippen LogP contribution is -2.34. The van der Waals surface area contributed by atoms with Gasteiger partial charge in [-0.05, 0) is 44.2 Å². The molecule has 0 radical (unpaired) electrons. The van der Waals surface area contributed by atoms with Gasteiger partial charge in [-0.15, -0.1) is 0 Å². The van der Waals surface area contributed by atoms with Crippen molar-refractivity contribution in [3.8, 4) is 23.2 Å². The number of benzene rings is 1. The second-order valence-electron chi connectivity index (χ2n) is 6.58. The monoisotopic (exact) mass is 369 g/mol. The Balaban J connectivity index is 1.87. The van der Waals surface area contributed by atoms with Gasteiger partial charge in [0.15, 0.2) is 17.0 Å². The smallest absolute Gasteiger partial charge is 0.209 e. The first-order valence-electron chi connectivity index (χ1n) is 8.64. The maximum absolute atomic E-state index is 13.6. The molecule has 6 nitrogen and oxygen atoms in total. The number of halogens is 2. The van der Waals surface area contributed by atoms with Gasteiger partial charge in [-0.1, -0.05) is 5.92 Å². The second-order valence-corrected chi connectivity index (χ2v) is 6.58. The van der Waals surface area contributed by atoms with E-state index in [0.29, 0.717) is 36.4 Å². The normalized spacial score (nSPS) is 15.3. The number of nitrogens with two attached hydrogens (primary N) is 1. The maximum Gasteiger partial charge on any atom is 0.209 e. The molecule has 1 aromatic carbocycles. The molecular formula is C19H17F2N5O. The highest BCUT2D eigenvalue weighted by atomic mass is 19.1.